The highest BCUT2D eigenvalue weighted by Gasteiger charge is 2.25. The van der Waals surface area contributed by atoms with Gasteiger partial charge in [-0.2, -0.15) is 9.78 Å². The Balaban J connectivity index is 1.68. The first-order valence-corrected chi connectivity index (χ1v) is 8.63. The van der Waals surface area contributed by atoms with Crippen LogP contribution in [0.5, 0.6) is 0 Å². The lowest BCUT2D eigenvalue weighted by Crippen LogP contribution is -2.22. The van der Waals surface area contributed by atoms with Crippen LogP contribution < -0.4 is 11.2 Å². The van der Waals surface area contributed by atoms with E-state index in [1.165, 1.54) is 4.68 Å². The van der Waals surface area contributed by atoms with Crippen molar-refractivity contribution in [3.05, 3.63) is 71.4 Å². The van der Waals surface area contributed by atoms with Crippen molar-refractivity contribution in [1.82, 2.24) is 30.7 Å². The molecule has 144 valence electrons. The maximum absolute atomic E-state index is 12.9. The second-order valence-electron chi connectivity index (χ2n) is 6.15. The molecule has 0 saturated carbocycles. The van der Waals surface area contributed by atoms with Crippen LogP contribution in [0.25, 0.3) is 17.1 Å². The number of aryl methyl sites for hydroxylation is 1. The van der Waals surface area contributed by atoms with E-state index in [-0.39, 0.29) is 17.3 Å². The topological polar surface area (TPSA) is 137 Å². The molecule has 0 saturated heterocycles. The molecule has 0 unspecified atom stereocenters. The number of amides is 1. The second kappa shape index (κ2) is 7.72. The van der Waals surface area contributed by atoms with E-state index in [1.807, 2.05) is 61.5 Å². The summed E-state index contributed by atoms with van der Waals surface area (Å²) < 4.78 is 5.79. The number of nitrogens with one attached hydrogen (secondary N) is 1. The molecule has 29 heavy (non-hydrogen) atoms. The minimum Gasteiger partial charge on any atom is -0.378 e. The molecule has 10 nitrogen and oxygen atoms in total. The summed E-state index contributed by atoms with van der Waals surface area (Å²) in [4.78, 5) is 12.9. The van der Waals surface area contributed by atoms with Crippen LogP contribution in [-0.2, 0) is 0 Å². The maximum atomic E-state index is 12.9. The lowest BCUT2D eigenvalue weighted by molar-refractivity contribution is 0.0948. The standard InChI is InChI=1S/C19H16N8O2/c1-12-7-9-13(10-8-12)11-21-23-19(28)16-15(14-5-3-2-4-6-14)22-26-27(16)18-17(20)24-29-25-18/h2-11H,1H3,(H2,20,24)(H,23,28)/b21-11+. The third-order valence-electron chi connectivity index (χ3n) is 4.09. The van der Waals surface area contributed by atoms with Crippen molar-refractivity contribution in [2.45, 2.75) is 6.92 Å². The maximum Gasteiger partial charge on any atom is 0.292 e. The SMILES string of the molecule is Cc1ccc(/C=N/NC(=O)c2c(-c3ccccc3)nnn2-c2nonc2N)cc1. The number of rotatable bonds is 5. The molecule has 0 radical (unpaired) electrons. The zero-order valence-corrected chi connectivity index (χ0v) is 15.4. The number of hydrogen-bond acceptors (Lipinski definition) is 8. The lowest BCUT2D eigenvalue weighted by Gasteiger charge is -2.04. The molecular formula is C19H16N8O2. The van der Waals surface area contributed by atoms with Gasteiger partial charge in [0.25, 0.3) is 5.91 Å². The molecule has 4 rings (SSSR count). The van der Waals surface area contributed by atoms with Gasteiger partial charge in [0.05, 0.1) is 6.21 Å². The van der Waals surface area contributed by atoms with E-state index < -0.39 is 5.91 Å². The smallest absolute Gasteiger partial charge is 0.292 e. The average Bonchev–Trinajstić information content (AvgIpc) is 3.36. The minimum absolute atomic E-state index is 0.0216. The van der Waals surface area contributed by atoms with E-state index in [0.29, 0.717) is 11.3 Å². The normalized spacial score (nSPS) is 11.1. The number of nitrogen functional groups attached to an aromatic ring is 1. The number of hydrazone groups is 1. The fourth-order valence-corrected chi connectivity index (χ4v) is 2.63. The van der Waals surface area contributed by atoms with E-state index in [1.54, 1.807) is 6.21 Å². The first-order valence-electron chi connectivity index (χ1n) is 8.63. The predicted octanol–water partition coefficient (Wildman–Crippen LogP) is 1.97. The largest absolute Gasteiger partial charge is 0.378 e. The highest BCUT2D eigenvalue weighted by atomic mass is 16.6. The second-order valence-corrected chi connectivity index (χ2v) is 6.15. The van der Waals surface area contributed by atoms with Crippen molar-refractivity contribution in [3.8, 4) is 17.1 Å². The number of aromatic nitrogens is 5. The van der Waals surface area contributed by atoms with Crippen LogP contribution in [0.2, 0.25) is 0 Å². The molecule has 0 aliphatic heterocycles. The molecule has 1 amide bonds. The van der Waals surface area contributed by atoms with E-state index in [2.05, 4.69) is 35.8 Å². The minimum atomic E-state index is -0.542. The summed E-state index contributed by atoms with van der Waals surface area (Å²) in [6.07, 6.45) is 1.54. The van der Waals surface area contributed by atoms with Crippen LogP contribution in [0.3, 0.4) is 0 Å². The lowest BCUT2D eigenvalue weighted by atomic mass is 10.1. The molecule has 0 fully saturated rings. The molecule has 2 heterocycles. The van der Waals surface area contributed by atoms with Crippen LogP contribution in [0.4, 0.5) is 5.82 Å². The molecular weight excluding hydrogens is 372 g/mol. The van der Waals surface area contributed by atoms with Crippen LogP contribution >= 0.6 is 0 Å². The first-order chi connectivity index (χ1) is 14.1. The van der Waals surface area contributed by atoms with Gasteiger partial charge in [0.15, 0.2) is 5.69 Å². The molecule has 2 aromatic heterocycles. The van der Waals surface area contributed by atoms with Crippen molar-refractivity contribution in [2.75, 3.05) is 5.73 Å². The summed E-state index contributed by atoms with van der Waals surface area (Å²) in [7, 11) is 0. The molecule has 0 spiro atoms. The highest BCUT2D eigenvalue weighted by Crippen LogP contribution is 2.24. The van der Waals surface area contributed by atoms with Crippen molar-refractivity contribution >= 4 is 17.9 Å². The van der Waals surface area contributed by atoms with Crippen LogP contribution in [-0.4, -0.2) is 37.4 Å². The van der Waals surface area contributed by atoms with Crippen LogP contribution in [0.1, 0.15) is 21.6 Å². The Bertz CT molecular complexity index is 1160. The van der Waals surface area contributed by atoms with Gasteiger partial charge in [-0.15, -0.1) is 5.10 Å². The van der Waals surface area contributed by atoms with Gasteiger partial charge in [-0.1, -0.05) is 65.4 Å². The number of benzene rings is 2. The third kappa shape index (κ3) is 3.72. The molecule has 2 aromatic carbocycles. The molecule has 4 aromatic rings. The van der Waals surface area contributed by atoms with Crippen molar-refractivity contribution in [3.63, 3.8) is 0 Å². The van der Waals surface area contributed by atoms with Crippen molar-refractivity contribution in [2.24, 2.45) is 5.10 Å². The zero-order chi connectivity index (χ0) is 20.2. The summed E-state index contributed by atoms with van der Waals surface area (Å²) in [5, 5.41) is 19.4. The Morgan fingerprint density at radius 3 is 2.59 bits per heavy atom. The van der Waals surface area contributed by atoms with E-state index in [4.69, 9.17) is 5.73 Å². The fraction of sp³-hybridized carbons (Fsp3) is 0.0526. The molecule has 3 N–H and O–H groups in total. The number of nitrogens with zero attached hydrogens (tertiary/aromatic N) is 6. The fourth-order valence-electron chi connectivity index (χ4n) is 2.63. The van der Waals surface area contributed by atoms with Crippen molar-refractivity contribution < 1.29 is 9.42 Å². The van der Waals surface area contributed by atoms with Gasteiger partial charge in [0.2, 0.25) is 11.6 Å². The Morgan fingerprint density at radius 1 is 1.14 bits per heavy atom. The van der Waals surface area contributed by atoms with Gasteiger partial charge >= 0.3 is 0 Å². The monoisotopic (exact) mass is 388 g/mol. The quantitative estimate of drug-likeness (QED) is 0.394. The number of carbonyl (C=O) groups excluding carboxylic acids is 1. The highest BCUT2D eigenvalue weighted by molar-refractivity contribution is 5.99. The van der Waals surface area contributed by atoms with Gasteiger partial charge in [-0.25, -0.2) is 10.1 Å². The summed E-state index contributed by atoms with van der Waals surface area (Å²) in [6, 6.07) is 16.8. The molecule has 0 atom stereocenters. The van der Waals surface area contributed by atoms with Gasteiger partial charge in [0.1, 0.15) is 5.69 Å². The summed E-state index contributed by atoms with van der Waals surface area (Å²) >= 11 is 0. The number of hydrogen-bond donors (Lipinski definition) is 2. The third-order valence-corrected chi connectivity index (χ3v) is 4.09. The summed E-state index contributed by atoms with van der Waals surface area (Å²) in [5.74, 6) is -0.501. The van der Waals surface area contributed by atoms with Crippen LogP contribution in [0, 0.1) is 6.92 Å². The molecule has 0 bridgehead atoms. The van der Waals surface area contributed by atoms with Gasteiger partial charge < -0.3 is 5.73 Å². The van der Waals surface area contributed by atoms with Gasteiger partial charge in [0, 0.05) is 5.56 Å². The van der Waals surface area contributed by atoms with E-state index in [0.717, 1.165) is 11.1 Å². The van der Waals surface area contributed by atoms with Crippen molar-refractivity contribution in [1.29, 1.82) is 0 Å². The summed E-state index contributed by atoms with van der Waals surface area (Å²) in [6.45, 7) is 1.99. The number of nitrogens with two attached hydrogens (primary N) is 1. The summed E-state index contributed by atoms with van der Waals surface area (Å²) in [5.41, 5.74) is 11.4. The molecule has 0 aliphatic rings. The Kier molecular flexibility index (Phi) is 4.81. The number of carbonyl (C=O) groups is 1. The zero-order valence-electron chi connectivity index (χ0n) is 15.4. The van der Waals surface area contributed by atoms with Gasteiger partial charge in [-0.05, 0) is 22.8 Å². The first kappa shape index (κ1) is 18.0. The Hall–Kier alpha value is -4.34. The van der Waals surface area contributed by atoms with Crippen LogP contribution in [0.15, 0.2) is 64.3 Å². The molecule has 0 aliphatic carbocycles. The average molecular weight is 388 g/mol. The predicted molar refractivity (Wildman–Crippen MR) is 105 cm³/mol. The molecule has 10 heteroatoms. The Labute approximate surface area is 165 Å². The van der Waals surface area contributed by atoms with E-state index >= 15 is 0 Å². The Morgan fingerprint density at radius 2 is 1.90 bits per heavy atom. The number of anilines is 1. The van der Waals surface area contributed by atoms with E-state index in [9.17, 15) is 4.79 Å². The van der Waals surface area contributed by atoms with Gasteiger partial charge in [-0.3, -0.25) is 4.79 Å².